The van der Waals surface area contributed by atoms with E-state index >= 15 is 0 Å². The fourth-order valence-electron chi connectivity index (χ4n) is 3.86. The zero-order valence-corrected chi connectivity index (χ0v) is 12.7. The predicted octanol–water partition coefficient (Wildman–Crippen LogP) is 2.06. The fourth-order valence-corrected chi connectivity index (χ4v) is 3.86. The van der Waals surface area contributed by atoms with Crippen molar-refractivity contribution in [3.8, 4) is 11.5 Å². The van der Waals surface area contributed by atoms with Crippen molar-refractivity contribution in [2.75, 3.05) is 39.4 Å². The number of rotatable bonds is 2. The SMILES string of the molecule is CC(c1ccc2c(c1)OCCCO2)N1C[C@H]2CNC[C@H]2C1. The van der Waals surface area contributed by atoms with Crippen molar-refractivity contribution in [3.05, 3.63) is 23.8 Å². The summed E-state index contributed by atoms with van der Waals surface area (Å²) in [5, 5.41) is 3.51. The summed E-state index contributed by atoms with van der Waals surface area (Å²) in [4.78, 5) is 2.62. The zero-order chi connectivity index (χ0) is 14.2. The van der Waals surface area contributed by atoms with Crippen LogP contribution in [0.1, 0.15) is 24.9 Å². The highest BCUT2D eigenvalue weighted by molar-refractivity contribution is 5.44. The van der Waals surface area contributed by atoms with Gasteiger partial charge < -0.3 is 14.8 Å². The molecule has 2 saturated heterocycles. The Morgan fingerprint density at radius 2 is 1.81 bits per heavy atom. The molecule has 0 bridgehead atoms. The molecule has 3 aliphatic rings. The third kappa shape index (κ3) is 2.51. The van der Waals surface area contributed by atoms with E-state index in [0.29, 0.717) is 6.04 Å². The molecule has 1 unspecified atom stereocenters. The number of hydrogen-bond acceptors (Lipinski definition) is 4. The van der Waals surface area contributed by atoms with Gasteiger partial charge in [0.05, 0.1) is 13.2 Å². The first-order valence-electron chi connectivity index (χ1n) is 8.15. The largest absolute Gasteiger partial charge is 0.490 e. The van der Waals surface area contributed by atoms with Crippen LogP contribution in [0.2, 0.25) is 0 Å². The Kier molecular flexibility index (Phi) is 3.51. The molecule has 1 N–H and O–H groups in total. The molecule has 3 heterocycles. The van der Waals surface area contributed by atoms with Gasteiger partial charge in [0.1, 0.15) is 0 Å². The van der Waals surface area contributed by atoms with Crippen molar-refractivity contribution in [2.24, 2.45) is 11.8 Å². The highest BCUT2D eigenvalue weighted by Gasteiger charge is 2.38. The molecule has 1 aromatic rings. The van der Waals surface area contributed by atoms with Gasteiger partial charge in [0.25, 0.3) is 0 Å². The summed E-state index contributed by atoms with van der Waals surface area (Å²) in [5.74, 6) is 3.49. The molecule has 114 valence electrons. The number of hydrogen-bond donors (Lipinski definition) is 1. The lowest BCUT2D eigenvalue weighted by Crippen LogP contribution is -2.28. The Morgan fingerprint density at radius 1 is 1.10 bits per heavy atom. The van der Waals surface area contributed by atoms with Gasteiger partial charge in [-0.2, -0.15) is 0 Å². The van der Waals surface area contributed by atoms with Gasteiger partial charge in [-0.25, -0.2) is 0 Å². The molecular formula is C17H24N2O2. The van der Waals surface area contributed by atoms with Crippen LogP contribution in [0.4, 0.5) is 0 Å². The number of benzene rings is 1. The molecule has 0 spiro atoms. The molecule has 0 aromatic heterocycles. The lowest BCUT2D eigenvalue weighted by atomic mass is 10.0. The molecule has 4 rings (SSSR count). The quantitative estimate of drug-likeness (QED) is 0.903. The maximum Gasteiger partial charge on any atom is 0.161 e. The van der Waals surface area contributed by atoms with Crippen molar-refractivity contribution in [1.29, 1.82) is 0 Å². The number of nitrogens with zero attached hydrogens (tertiary/aromatic N) is 1. The normalized spacial score (nSPS) is 30.0. The van der Waals surface area contributed by atoms with Crippen molar-refractivity contribution in [2.45, 2.75) is 19.4 Å². The van der Waals surface area contributed by atoms with Gasteiger partial charge in [-0.15, -0.1) is 0 Å². The summed E-state index contributed by atoms with van der Waals surface area (Å²) in [5.41, 5.74) is 1.34. The molecule has 3 atom stereocenters. The number of fused-ring (bicyclic) bond motifs is 2. The fraction of sp³-hybridized carbons (Fsp3) is 0.647. The van der Waals surface area contributed by atoms with Crippen LogP contribution in [-0.4, -0.2) is 44.3 Å². The van der Waals surface area contributed by atoms with Crippen LogP contribution in [0.3, 0.4) is 0 Å². The second-order valence-electron chi connectivity index (χ2n) is 6.56. The maximum atomic E-state index is 5.82. The van der Waals surface area contributed by atoms with Crippen LogP contribution in [0.25, 0.3) is 0 Å². The lowest BCUT2D eigenvalue weighted by Gasteiger charge is -2.26. The number of likely N-dealkylation sites (tertiary alicyclic amines) is 1. The number of ether oxygens (including phenoxy) is 2. The highest BCUT2D eigenvalue weighted by atomic mass is 16.5. The van der Waals surface area contributed by atoms with Crippen LogP contribution in [0.5, 0.6) is 11.5 Å². The highest BCUT2D eigenvalue weighted by Crippen LogP contribution is 2.36. The van der Waals surface area contributed by atoms with Crippen LogP contribution in [0.15, 0.2) is 18.2 Å². The van der Waals surface area contributed by atoms with Gasteiger partial charge in [-0.05, 0) is 49.5 Å². The van der Waals surface area contributed by atoms with Gasteiger partial charge in [0.15, 0.2) is 11.5 Å². The molecular weight excluding hydrogens is 264 g/mol. The summed E-state index contributed by atoms with van der Waals surface area (Å²) in [7, 11) is 0. The molecule has 4 heteroatoms. The van der Waals surface area contributed by atoms with Crippen molar-refractivity contribution >= 4 is 0 Å². The van der Waals surface area contributed by atoms with Gasteiger partial charge >= 0.3 is 0 Å². The summed E-state index contributed by atoms with van der Waals surface area (Å²) in [6.07, 6.45) is 0.960. The van der Waals surface area contributed by atoms with E-state index in [1.54, 1.807) is 0 Å². The second-order valence-corrected chi connectivity index (χ2v) is 6.56. The van der Waals surface area contributed by atoms with E-state index < -0.39 is 0 Å². The van der Waals surface area contributed by atoms with Crippen LogP contribution in [0, 0.1) is 11.8 Å². The van der Waals surface area contributed by atoms with Gasteiger partial charge in [0, 0.05) is 25.6 Å². The average Bonchev–Trinajstić information content (AvgIpc) is 3.00. The Labute approximate surface area is 126 Å². The van der Waals surface area contributed by atoms with E-state index in [1.165, 1.54) is 31.7 Å². The van der Waals surface area contributed by atoms with Gasteiger partial charge in [-0.3, -0.25) is 4.90 Å². The zero-order valence-electron chi connectivity index (χ0n) is 12.7. The maximum absolute atomic E-state index is 5.82. The van der Waals surface area contributed by atoms with Gasteiger partial charge in [-0.1, -0.05) is 6.07 Å². The van der Waals surface area contributed by atoms with Crippen LogP contribution >= 0.6 is 0 Å². The van der Waals surface area contributed by atoms with Crippen molar-refractivity contribution < 1.29 is 9.47 Å². The van der Waals surface area contributed by atoms with Crippen LogP contribution < -0.4 is 14.8 Å². The monoisotopic (exact) mass is 288 g/mol. The van der Waals surface area contributed by atoms with E-state index in [4.69, 9.17) is 9.47 Å². The van der Waals surface area contributed by atoms with Crippen molar-refractivity contribution in [1.82, 2.24) is 10.2 Å². The molecule has 0 aliphatic carbocycles. The first kappa shape index (κ1) is 13.4. The molecule has 2 fully saturated rings. The Balaban J connectivity index is 1.52. The molecule has 3 aliphatic heterocycles. The minimum atomic E-state index is 0.452. The third-order valence-electron chi connectivity index (χ3n) is 5.22. The molecule has 0 amide bonds. The Bertz CT molecular complexity index is 508. The summed E-state index contributed by atoms with van der Waals surface area (Å²) in [6.45, 7) is 8.63. The summed E-state index contributed by atoms with van der Waals surface area (Å²) < 4.78 is 11.5. The summed E-state index contributed by atoms with van der Waals surface area (Å²) >= 11 is 0. The van der Waals surface area contributed by atoms with E-state index in [0.717, 1.165) is 43.0 Å². The smallest absolute Gasteiger partial charge is 0.161 e. The van der Waals surface area contributed by atoms with E-state index in [2.05, 4.69) is 35.3 Å². The topological polar surface area (TPSA) is 33.7 Å². The Hall–Kier alpha value is -1.26. The first-order chi connectivity index (χ1) is 10.3. The first-order valence-corrected chi connectivity index (χ1v) is 8.15. The van der Waals surface area contributed by atoms with Crippen molar-refractivity contribution in [3.63, 3.8) is 0 Å². The average molecular weight is 288 g/mol. The van der Waals surface area contributed by atoms with Gasteiger partial charge in [0.2, 0.25) is 0 Å². The standard InChI is InChI=1S/C17H24N2O2/c1-12(19-10-14-8-18-9-15(14)11-19)13-3-4-16-17(7-13)21-6-2-5-20-16/h3-4,7,12,14-15,18H,2,5-6,8-11H2,1H3/t12?,14-,15+. The predicted molar refractivity (Wildman–Crippen MR) is 81.9 cm³/mol. The lowest BCUT2D eigenvalue weighted by molar-refractivity contribution is 0.243. The van der Waals surface area contributed by atoms with Crippen LogP contribution in [-0.2, 0) is 0 Å². The molecule has 4 nitrogen and oxygen atoms in total. The van der Waals surface area contributed by atoms with E-state index in [1.807, 2.05) is 0 Å². The molecule has 1 aromatic carbocycles. The van der Waals surface area contributed by atoms with E-state index in [-0.39, 0.29) is 0 Å². The number of nitrogens with one attached hydrogen (secondary N) is 1. The summed E-state index contributed by atoms with van der Waals surface area (Å²) in [6, 6.07) is 6.90. The molecule has 0 saturated carbocycles. The third-order valence-corrected chi connectivity index (χ3v) is 5.22. The molecule has 0 radical (unpaired) electrons. The second kappa shape index (κ2) is 5.50. The molecule has 21 heavy (non-hydrogen) atoms. The minimum absolute atomic E-state index is 0.452. The Morgan fingerprint density at radius 3 is 2.57 bits per heavy atom. The van der Waals surface area contributed by atoms with E-state index in [9.17, 15) is 0 Å². The minimum Gasteiger partial charge on any atom is -0.490 e.